The van der Waals surface area contributed by atoms with Crippen molar-refractivity contribution in [2.75, 3.05) is 24.2 Å². The molecule has 0 spiro atoms. The normalized spacial score (nSPS) is 14.9. The Kier molecular flexibility index (Phi) is 7.14. The highest BCUT2D eigenvalue weighted by Gasteiger charge is 2.26. The van der Waals surface area contributed by atoms with Gasteiger partial charge in [-0.25, -0.2) is 13.4 Å². The molecular formula is C19H19ClN4O3S2. The van der Waals surface area contributed by atoms with E-state index in [9.17, 15) is 13.2 Å². The Morgan fingerprint density at radius 1 is 1.24 bits per heavy atom. The van der Waals surface area contributed by atoms with E-state index in [1.54, 1.807) is 12.1 Å². The van der Waals surface area contributed by atoms with Gasteiger partial charge in [-0.15, -0.1) is 0 Å². The molecule has 0 radical (unpaired) electrons. The number of nitriles is 1. The van der Waals surface area contributed by atoms with Crippen molar-refractivity contribution < 1.29 is 13.2 Å². The maximum absolute atomic E-state index is 12.6. The molecule has 29 heavy (non-hydrogen) atoms. The average molecular weight is 451 g/mol. The van der Waals surface area contributed by atoms with E-state index >= 15 is 0 Å². The van der Waals surface area contributed by atoms with Gasteiger partial charge in [0, 0.05) is 25.0 Å². The van der Waals surface area contributed by atoms with Crippen LogP contribution < -0.4 is 5.32 Å². The monoisotopic (exact) mass is 450 g/mol. The summed E-state index contributed by atoms with van der Waals surface area (Å²) in [4.78, 5) is 16.5. The van der Waals surface area contributed by atoms with Gasteiger partial charge in [0.2, 0.25) is 15.9 Å². The standard InChI is InChI=1S/C19H19ClN4O3S2/c20-17-10-15(5-4-14(17)11-21)23-18(25)13-28-19-7-6-16(12-22-19)29(26,27)24-8-2-1-3-9-24/h4-7,10,12H,1-3,8-9,13H2,(H,23,25). The lowest BCUT2D eigenvalue weighted by atomic mass is 10.2. The first kappa shape index (κ1) is 21.6. The van der Waals surface area contributed by atoms with E-state index in [4.69, 9.17) is 16.9 Å². The van der Waals surface area contributed by atoms with Crippen LogP contribution in [0.2, 0.25) is 5.02 Å². The van der Waals surface area contributed by atoms with E-state index in [0.717, 1.165) is 19.3 Å². The summed E-state index contributed by atoms with van der Waals surface area (Å²) in [5.41, 5.74) is 0.832. The van der Waals surface area contributed by atoms with Crippen molar-refractivity contribution in [3.05, 3.63) is 47.1 Å². The second-order valence-electron chi connectivity index (χ2n) is 6.44. The van der Waals surface area contributed by atoms with Crippen LogP contribution in [0.4, 0.5) is 5.69 Å². The van der Waals surface area contributed by atoms with Crippen LogP contribution in [0, 0.1) is 11.3 Å². The van der Waals surface area contributed by atoms with Crippen LogP contribution in [-0.4, -0.2) is 42.5 Å². The number of carbonyl (C=O) groups excluding carboxylic acids is 1. The molecule has 3 rings (SSSR count). The number of sulfonamides is 1. The number of halogens is 1. The smallest absolute Gasteiger partial charge is 0.244 e. The molecule has 1 amide bonds. The van der Waals surface area contributed by atoms with E-state index in [1.165, 1.54) is 40.5 Å². The second-order valence-corrected chi connectivity index (χ2v) is 9.78. The van der Waals surface area contributed by atoms with Gasteiger partial charge in [0.25, 0.3) is 0 Å². The highest BCUT2D eigenvalue weighted by atomic mass is 35.5. The number of hydrogen-bond donors (Lipinski definition) is 1. The summed E-state index contributed by atoms with van der Waals surface area (Å²) < 4.78 is 26.7. The van der Waals surface area contributed by atoms with Crippen molar-refractivity contribution in [1.82, 2.24) is 9.29 Å². The molecule has 7 nitrogen and oxygen atoms in total. The number of nitrogens with zero attached hydrogens (tertiary/aromatic N) is 3. The number of amides is 1. The van der Waals surface area contributed by atoms with Gasteiger partial charge < -0.3 is 5.32 Å². The zero-order valence-electron chi connectivity index (χ0n) is 15.5. The number of pyridine rings is 1. The molecule has 1 aromatic carbocycles. The summed E-state index contributed by atoms with van der Waals surface area (Å²) in [6.45, 7) is 1.08. The van der Waals surface area contributed by atoms with Crippen molar-refractivity contribution in [2.24, 2.45) is 0 Å². The molecule has 2 aromatic rings. The number of anilines is 1. The molecule has 1 aromatic heterocycles. The van der Waals surface area contributed by atoms with Crippen LogP contribution in [0.3, 0.4) is 0 Å². The molecule has 152 valence electrons. The zero-order chi connectivity index (χ0) is 20.9. The van der Waals surface area contributed by atoms with Crippen molar-refractivity contribution >= 4 is 45.0 Å². The Hall–Kier alpha value is -2.12. The highest BCUT2D eigenvalue weighted by molar-refractivity contribution is 7.99. The lowest BCUT2D eigenvalue weighted by Crippen LogP contribution is -2.35. The first-order valence-electron chi connectivity index (χ1n) is 8.98. The third-order valence-electron chi connectivity index (χ3n) is 4.39. The fourth-order valence-corrected chi connectivity index (χ4v) is 5.21. The van der Waals surface area contributed by atoms with Crippen molar-refractivity contribution in [1.29, 1.82) is 5.26 Å². The van der Waals surface area contributed by atoms with E-state index in [1.807, 2.05) is 6.07 Å². The molecule has 2 heterocycles. The van der Waals surface area contributed by atoms with Gasteiger partial charge in [-0.3, -0.25) is 4.79 Å². The maximum Gasteiger partial charge on any atom is 0.244 e. The summed E-state index contributed by atoms with van der Waals surface area (Å²) in [6.07, 6.45) is 4.14. The lowest BCUT2D eigenvalue weighted by molar-refractivity contribution is -0.113. The second kappa shape index (κ2) is 9.59. The van der Waals surface area contributed by atoms with Gasteiger partial charge in [-0.05, 0) is 43.2 Å². The number of benzene rings is 1. The summed E-state index contributed by atoms with van der Waals surface area (Å²) in [5, 5.41) is 12.4. The van der Waals surface area contributed by atoms with Crippen molar-refractivity contribution in [3.63, 3.8) is 0 Å². The van der Waals surface area contributed by atoms with Gasteiger partial charge in [0.15, 0.2) is 0 Å². The van der Waals surface area contributed by atoms with Gasteiger partial charge in [-0.1, -0.05) is 29.8 Å². The number of nitrogens with one attached hydrogen (secondary N) is 1. The Labute approximate surface area is 179 Å². The fraction of sp³-hybridized carbons (Fsp3) is 0.316. The Bertz CT molecular complexity index is 1030. The van der Waals surface area contributed by atoms with Crippen LogP contribution in [0.15, 0.2) is 46.5 Å². The van der Waals surface area contributed by atoms with Crippen LogP contribution >= 0.6 is 23.4 Å². The molecule has 0 aliphatic carbocycles. The summed E-state index contributed by atoms with van der Waals surface area (Å²) in [5.74, 6) is -0.161. The average Bonchev–Trinajstić information content (AvgIpc) is 2.73. The highest BCUT2D eigenvalue weighted by Crippen LogP contribution is 2.23. The largest absolute Gasteiger partial charge is 0.325 e. The lowest BCUT2D eigenvalue weighted by Gasteiger charge is -2.25. The minimum atomic E-state index is -3.51. The first-order chi connectivity index (χ1) is 13.9. The molecule has 1 saturated heterocycles. The summed E-state index contributed by atoms with van der Waals surface area (Å²) in [7, 11) is -3.51. The molecule has 1 aliphatic rings. The predicted molar refractivity (Wildman–Crippen MR) is 112 cm³/mol. The maximum atomic E-state index is 12.6. The van der Waals surface area contributed by atoms with Crippen LogP contribution in [0.1, 0.15) is 24.8 Å². The molecule has 1 aliphatic heterocycles. The number of aromatic nitrogens is 1. The minimum Gasteiger partial charge on any atom is -0.325 e. The molecule has 1 N–H and O–H groups in total. The molecule has 0 atom stereocenters. The van der Waals surface area contributed by atoms with Crippen molar-refractivity contribution in [3.8, 4) is 6.07 Å². The SMILES string of the molecule is N#Cc1ccc(NC(=O)CSc2ccc(S(=O)(=O)N3CCCCC3)cn2)cc1Cl. The molecule has 1 fully saturated rings. The molecule has 10 heteroatoms. The topological polar surface area (TPSA) is 103 Å². The van der Waals surface area contributed by atoms with Crippen molar-refractivity contribution in [2.45, 2.75) is 29.2 Å². The molecular weight excluding hydrogens is 432 g/mol. The van der Waals surface area contributed by atoms with Gasteiger partial charge in [0.1, 0.15) is 11.0 Å². The van der Waals surface area contributed by atoms with Crippen LogP contribution in [0.25, 0.3) is 0 Å². The van der Waals surface area contributed by atoms with E-state index < -0.39 is 10.0 Å². The van der Waals surface area contributed by atoms with E-state index in [2.05, 4.69) is 10.3 Å². The quantitative estimate of drug-likeness (QED) is 0.675. The number of rotatable bonds is 6. The predicted octanol–water partition coefficient (Wildman–Crippen LogP) is 3.51. The van der Waals surface area contributed by atoms with Crippen LogP contribution in [0.5, 0.6) is 0 Å². The summed E-state index contributed by atoms with van der Waals surface area (Å²) >= 11 is 7.15. The minimum absolute atomic E-state index is 0.100. The zero-order valence-corrected chi connectivity index (χ0v) is 17.9. The Morgan fingerprint density at radius 2 is 2.00 bits per heavy atom. The number of hydrogen-bond acceptors (Lipinski definition) is 6. The van der Waals surface area contributed by atoms with Gasteiger partial charge in [-0.2, -0.15) is 9.57 Å². The van der Waals surface area contributed by atoms with Gasteiger partial charge >= 0.3 is 0 Å². The number of carbonyl (C=O) groups is 1. The summed E-state index contributed by atoms with van der Waals surface area (Å²) in [6, 6.07) is 9.74. The van der Waals surface area contributed by atoms with E-state index in [0.29, 0.717) is 29.4 Å². The Balaban J connectivity index is 1.56. The molecule has 0 bridgehead atoms. The number of piperidine rings is 1. The third kappa shape index (κ3) is 5.48. The number of thioether (sulfide) groups is 1. The van der Waals surface area contributed by atoms with Crippen LogP contribution in [-0.2, 0) is 14.8 Å². The third-order valence-corrected chi connectivity index (χ3v) is 7.53. The first-order valence-corrected chi connectivity index (χ1v) is 11.8. The molecule has 0 saturated carbocycles. The van der Waals surface area contributed by atoms with E-state index in [-0.39, 0.29) is 21.6 Å². The fourth-order valence-electron chi connectivity index (χ4n) is 2.88. The van der Waals surface area contributed by atoms with Gasteiger partial charge in [0.05, 0.1) is 21.4 Å². The Morgan fingerprint density at radius 3 is 2.62 bits per heavy atom. The molecule has 0 unspecified atom stereocenters.